The zero-order valence-electron chi connectivity index (χ0n) is 14.7. The second-order valence-corrected chi connectivity index (χ2v) is 10.2. The van der Waals surface area contributed by atoms with E-state index in [1.165, 1.54) is 29.9 Å². The number of aliphatic hydroxyl groups is 1. The second kappa shape index (κ2) is 7.38. The minimum absolute atomic E-state index is 0.263. The molecule has 25 heavy (non-hydrogen) atoms. The van der Waals surface area contributed by atoms with E-state index in [1.807, 2.05) is 18.2 Å². The molecule has 0 amide bonds. The summed E-state index contributed by atoms with van der Waals surface area (Å²) in [5.41, 5.74) is 2.46. The number of rotatable bonds is 5. The van der Waals surface area contributed by atoms with E-state index in [9.17, 15) is 5.11 Å². The second-order valence-electron chi connectivity index (χ2n) is 7.11. The van der Waals surface area contributed by atoms with E-state index in [0.29, 0.717) is 17.8 Å². The van der Waals surface area contributed by atoms with E-state index >= 15 is 0 Å². The zero-order chi connectivity index (χ0) is 17.3. The van der Waals surface area contributed by atoms with Gasteiger partial charge in [0.15, 0.2) is 0 Å². The van der Waals surface area contributed by atoms with Crippen molar-refractivity contribution in [3.63, 3.8) is 0 Å². The van der Waals surface area contributed by atoms with Gasteiger partial charge in [0.05, 0.1) is 10.2 Å². The molecule has 0 bridgehead atoms. The van der Waals surface area contributed by atoms with E-state index in [0.717, 1.165) is 5.56 Å². The van der Waals surface area contributed by atoms with Gasteiger partial charge in [0.25, 0.3) is 0 Å². The molecule has 0 radical (unpaired) electrons. The number of benzene rings is 2. The van der Waals surface area contributed by atoms with Crippen molar-refractivity contribution < 1.29 is 5.11 Å². The third-order valence-electron chi connectivity index (χ3n) is 5.75. The van der Waals surface area contributed by atoms with Crippen molar-refractivity contribution in [1.82, 2.24) is 0 Å². The smallest absolute Gasteiger partial charge is 0.0827 e. The summed E-state index contributed by atoms with van der Waals surface area (Å²) in [6.07, 6.45) is 2.11. The lowest BCUT2D eigenvalue weighted by molar-refractivity contribution is 0.144. The maximum absolute atomic E-state index is 11.2. The lowest BCUT2D eigenvalue weighted by atomic mass is 10.0. The summed E-state index contributed by atoms with van der Waals surface area (Å²) in [4.78, 5) is 0. The Hall–Kier alpha value is -0.900. The molecule has 2 aromatic carbocycles. The first-order chi connectivity index (χ1) is 12.3. The lowest BCUT2D eigenvalue weighted by Crippen LogP contribution is -2.28. The Morgan fingerprint density at radius 2 is 1.60 bits per heavy atom. The highest BCUT2D eigenvalue weighted by Crippen LogP contribution is 2.70. The number of aliphatic hydroxyl groups excluding tert-OH is 1. The van der Waals surface area contributed by atoms with E-state index in [-0.39, 0.29) is 10.2 Å². The molecule has 1 nitrogen and oxygen atoms in total. The molecule has 1 N–H and O–H groups in total. The zero-order valence-corrected chi connectivity index (χ0v) is 16.3. The molecule has 1 saturated heterocycles. The van der Waals surface area contributed by atoms with Gasteiger partial charge in [-0.15, -0.1) is 23.5 Å². The standard InChI is InChI=1S/C22H26OS2/c1-2-22(24-14-9-15-25-22)20-18(16-10-5-3-6-11-16)19(20)21(23)17-12-7-4-8-13-17/h3-8,10-13,18-21,23H,2,9,14-15H2,1H3/t18-,19?,20+,21+/m0/s1. The molecule has 0 aromatic heterocycles. The Labute approximate surface area is 159 Å². The van der Waals surface area contributed by atoms with Gasteiger partial charge in [0, 0.05) is 5.92 Å². The highest BCUT2D eigenvalue weighted by molar-refractivity contribution is 8.18. The van der Waals surface area contributed by atoms with Crippen LogP contribution in [0.4, 0.5) is 0 Å². The molecule has 4 atom stereocenters. The summed E-state index contributed by atoms with van der Waals surface area (Å²) in [5.74, 6) is 3.85. The molecular formula is C22H26OS2. The van der Waals surface area contributed by atoms with Gasteiger partial charge in [-0.1, -0.05) is 67.6 Å². The topological polar surface area (TPSA) is 20.2 Å². The van der Waals surface area contributed by atoms with Crippen LogP contribution in [-0.2, 0) is 0 Å². The first kappa shape index (κ1) is 17.5. The summed E-state index contributed by atoms with van der Waals surface area (Å²) >= 11 is 4.30. The molecule has 2 aromatic rings. The molecule has 1 unspecified atom stereocenters. The van der Waals surface area contributed by atoms with Crippen LogP contribution >= 0.6 is 23.5 Å². The highest BCUT2D eigenvalue weighted by Gasteiger charge is 2.63. The minimum atomic E-state index is -0.372. The van der Waals surface area contributed by atoms with Crippen molar-refractivity contribution in [3.8, 4) is 0 Å². The normalized spacial score (nSPS) is 29.1. The molecule has 4 rings (SSSR count). The molecule has 132 valence electrons. The predicted octanol–water partition coefficient (Wildman–Crippen LogP) is 5.73. The summed E-state index contributed by atoms with van der Waals surface area (Å²) < 4.78 is 0.263. The molecule has 1 saturated carbocycles. The van der Waals surface area contributed by atoms with Gasteiger partial charge in [0.1, 0.15) is 0 Å². The summed E-state index contributed by atoms with van der Waals surface area (Å²) in [7, 11) is 0. The van der Waals surface area contributed by atoms with Gasteiger partial charge in [-0.25, -0.2) is 0 Å². The average Bonchev–Trinajstić information content (AvgIpc) is 3.45. The molecule has 1 aliphatic carbocycles. The molecule has 1 aliphatic heterocycles. The van der Waals surface area contributed by atoms with Crippen LogP contribution in [0.1, 0.15) is 42.9 Å². The van der Waals surface area contributed by atoms with Gasteiger partial charge in [-0.3, -0.25) is 0 Å². The van der Waals surface area contributed by atoms with Crippen LogP contribution in [0.3, 0.4) is 0 Å². The van der Waals surface area contributed by atoms with E-state index in [2.05, 4.69) is 72.9 Å². The Balaban J connectivity index is 1.67. The molecule has 3 heteroatoms. The fourth-order valence-corrected chi connectivity index (χ4v) is 8.18. The van der Waals surface area contributed by atoms with Crippen molar-refractivity contribution in [2.75, 3.05) is 11.5 Å². The summed E-state index contributed by atoms with van der Waals surface area (Å²) in [6.45, 7) is 2.33. The van der Waals surface area contributed by atoms with Crippen LogP contribution < -0.4 is 0 Å². The first-order valence-corrected chi connectivity index (χ1v) is 11.3. The van der Waals surface area contributed by atoms with Crippen LogP contribution in [-0.4, -0.2) is 20.7 Å². The molecule has 2 fully saturated rings. The number of thioether (sulfide) groups is 2. The van der Waals surface area contributed by atoms with Crippen LogP contribution in [0.5, 0.6) is 0 Å². The van der Waals surface area contributed by atoms with Crippen molar-refractivity contribution in [1.29, 1.82) is 0 Å². The maximum atomic E-state index is 11.2. The van der Waals surface area contributed by atoms with Crippen molar-refractivity contribution in [3.05, 3.63) is 71.8 Å². The van der Waals surface area contributed by atoms with Gasteiger partial charge < -0.3 is 5.11 Å². The predicted molar refractivity (Wildman–Crippen MR) is 110 cm³/mol. The summed E-state index contributed by atoms with van der Waals surface area (Å²) in [6, 6.07) is 21.1. The Morgan fingerprint density at radius 3 is 2.20 bits per heavy atom. The molecule has 1 heterocycles. The quantitative estimate of drug-likeness (QED) is 0.726. The van der Waals surface area contributed by atoms with E-state index in [1.54, 1.807) is 0 Å². The SMILES string of the molecule is CCC1([C@H]2C([C@H](O)c3ccccc3)[C@@H]2c2ccccc2)SCCCS1. The third-order valence-corrected chi connectivity index (χ3v) is 9.54. The fourth-order valence-electron chi connectivity index (χ4n) is 4.49. The monoisotopic (exact) mass is 370 g/mol. The largest absolute Gasteiger partial charge is 0.388 e. The number of hydrogen-bond donors (Lipinski definition) is 1. The molecular weight excluding hydrogens is 344 g/mol. The molecule has 2 aliphatic rings. The van der Waals surface area contributed by atoms with Crippen LogP contribution in [0, 0.1) is 11.8 Å². The average molecular weight is 371 g/mol. The van der Waals surface area contributed by atoms with E-state index in [4.69, 9.17) is 0 Å². The highest BCUT2D eigenvalue weighted by atomic mass is 32.2. The van der Waals surface area contributed by atoms with Crippen molar-refractivity contribution >= 4 is 23.5 Å². The van der Waals surface area contributed by atoms with Gasteiger partial charge >= 0.3 is 0 Å². The number of hydrogen-bond acceptors (Lipinski definition) is 3. The van der Waals surface area contributed by atoms with Crippen molar-refractivity contribution in [2.24, 2.45) is 11.8 Å². The van der Waals surface area contributed by atoms with Crippen LogP contribution in [0.25, 0.3) is 0 Å². The Morgan fingerprint density at radius 1 is 1.00 bits per heavy atom. The minimum Gasteiger partial charge on any atom is -0.388 e. The van der Waals surface area contributed by atoms with Gasteiger partial charge in [-0.2, -0.15) is 0 Å². The van der Waals surface area contributed by atoms with Gasteiger partial charge in [0.2, 0.25) is 0 Å². The van der Waals surface area contributed by atoms with E-state index < -0.39 is 0 Å². The van der Waals surface area contributed by atoms with Gasteiger partial charge in [-0.05, 0) is 47.3 Å². The first-order valence-electron chi connectivity index (χ1n) is 9.33. The molecule has 0 spiro atoms. The van der Waals surface area contributed by atoms with Crippen molar-refractivity contribution in [2.45, 2.75) is 35.9 Å². The summed E-state index contributed by atoms with van der Waals surface area (Å²) in [5, 5.41) is 11.2. The fraction of sp³-hybridized carbons (Fsp3) is 0.455. The third kappa shape index (κ3) is 3.27. The Kier molecular flexibility index (Phi) is 5.17. The maximum Gasteiger partial charge on any atom is 0.0827 e. The van der Waals surface area contributed by atoms with Crippen LogP contribution in [0.15, 0.2) is 60.7 Å². The Bertz CT molecular complexity index is 682. The lowest BCUT2D eigenvalue weighted by Gasteiger charge is -2.36. The van der Waals surface area contributed by atoms with Crippen LogP contribution in [0.2, 0.25) is 0 Å².